The Bertz CT molecular complexity index is 821. The summed E-state index contributed by atoms with van der Waals surface area (Å²) in [7, 11) is 0. The van der Waals surface area contributed by atoms with E-state index in [1.54, 1.807) is 12.1 Å². The minimum atomic E-state index is -0.478. The van der Waals surface area contributed by atoms with E-state index in [1.807, 2.05) is 77.1 Å². The molecule has 0 aliphatic carbocycles. The maximum atomic E-state index is 8.87. The maximum absolute atomic E-state index is 8.87. The lowest BCUT2D eigenvalue weighted by atomic mass is 9.86. The van der Waals surface area contributed by atoms with Gasteiger partial charge >= 0.3 is 0 Å². The minimum absolute atomic E-state index is 0.367. The molecule has 126 valence electrons. The molecule has 2 aromatic rings. The molecule has 0 radical (unpaired) electrons. The third kappa shape index (κ3) is 5.49. The Labute approximate surface area is 150 Å². The zero-order valence-corrected chi connectivity index (χ0v) is 15.5. The Kier molecular flexibility index (Phi) is 6.50. The first-order valence-corrected chi connectivity index (χ1v) is 8.06. The van der Waals surface area contributed by atoms with Crippen molar-refractivity contribution in [3.05, 3.63) is 70.8 Å². The third-order valence-electron chi connectivity index (χ3n) is 4.07. The highest BCUT2D eigenvalue weighted by Crippen LogP contribution is 2.22. The van der Waals surface area contributed by atoms with Crippen molar-refractivity contribution in [3.63, 3.8) is 0 Å². The second-order valence-electron chi connectivity index (χ2n) is 7.03. The van der Waals surface area contributed by atoms with E-state index in [0.29, 0.717) is 5.56 Å². The fraction of sp³-hybridized carbons (Fsp3) is 0.318. The van der Waals surface area contributed by atoms with Crippen LogP contribution < -0.4 is 0 Å². The van der Waals surface area contributed by atoms with Crippen molar-refractivity contribution in [2.45, 2.75) is 45.4 Å². The van der Waals surface area contributed by atoms with Crippen molar-refractivity contribution < 1.29 is 0 Å². The van der Waals surface area contributed by atoms with Gasteiger partial charge in [0, 0.05) is 0 Å². The quantitative estimate of drug-likeness (QED) is 0.764. The van der Waals surface area contributed by atoms with Crippen molar-refractivity contribution in [2.75, 3.05) is 0 Å². The fourth-order valence-corrected chi connectivity index (χ4v) is 2.06. The molecule has 0 fully saturated rings. The fourth-order valence-electron chi connectivity index (χ4n) is 2.06. The summed E-state index contributed by atoms with van der Waals surface area (Å²) in [5, 5.41) is 26.3. The van der Waals surface area contributed by atoms with Gasteiger partial charge in [-0.05, 0) is 57.9 Å². The van der Waals surface area contributed by atoms with Gasteiger partial charge in [0.05, 0.1) is 34.6 Å². The summed E-state index contributed by atoms with van der Waals surface area (Å²) < 4.78 is 0. The second kappa shape index (κ2) is 8.14. The van der Waals surface area contributed by atoms with Crippen molar-refractivity contribution in [1.29, 1.82) is 15.8 Å². The van der Waals surface area contributed by atoms with Crippen LogP contribution in [0, 0.1) is 40.9 Å². The molecule has 0 N–H and O–H groups in total. The van der Waals surface area contributed by atoms with Crippen LogP contribution in [0.25, 0.3) is 0 Å². The number of hydrogen-bond acceptors (Lipinski definition) is 3. The van der Waals surface area contributed by atoms with E-state index in [9.17, 15) is 0 Å². The monoisotopic (exact) mass is 329 g/mol. The predicted octanol–water partition coefficient (Wildman–Crippen LogP) is 5.16. The Morgan fingerprint density at radius 1 is 0.640 bits per heavy atom. The highest BCUT2D eigenvalue weighted by Gasteiger charge is 2.19. The smallest absolute Gasteiger partial charge is 0.0991 e. The highest BCUT2D eigenvalue weighted by atomic mass is 14.3. The summed E-state index contributed by atoms with van der Waals surface area (Å²) in [4.78, 5) is 0. The average molecular weight is 329 g/mol. The molecular formula is C22H23N3. The van der Waals surface area contributed by atoms with Crippen LogP contribution in [-0.2, 0) is 10.8 Å². The number of aryl methyl sites for hydroxylation is 1. The number of hydrogen-bond donors (Lipinski definition) is 0. The molecule has 0 bridgehead atoms. The molecule has 0 saturated heterocycles. The Morgan fingerprint density at radius 3 is 1.32 bits per heavy atom. The largest absolute Gasteiger partial charge is 0.197 e. The summed E-state index contributed by atoms with van der Waals surface area (Å²) in [6, 6.07) is 21.7. The molecule has 0 unspecified atom stereocenters. The lowest BCUT2D eigenvalue weighted by molar-refractivity contribution is 0.686. The molecule has 0 saturated carbocycles. The molecule has 0 heterocycles. The zero-order chi connectivity index (χ0) is 19.1. The molecule has 3 nitrogen and oxygen atoms in total. The lowest BCUT2D eigenvalue weighted by Crippen LogP contribution is -2.13. The molecular weight excluding hydrogens is 306 g/mol. The first kappa shape index (κ1) is 20.0. The van der Waals surface area contributed by atoms with Gasteiger partial charge in [-0.2, -0.15) is 15.8 Å². The number of nitrogens with zero attached hydrogens (tertiary/aromatic N) is 3. The van der Waals surface area contributed by atoms with Gasteiger partial charge in [-0.1, -0.05) is 42.0 Å². The first-order valence-electron chi connectivity index (χ1n) is 8.06. The molecule has 0 spiro atoms. The van der Waals surface area contributed by atoms with Crippen LogP contribution >= 0.6 is 0 Å². The van der Waals surface area contributed by atoms with Gasteiger partial charge in [0.15, 0.2) is 0 Å². The van der Waals surface area contributed by atoms with Gasteiger partial charge in [-0.25, -0.2) is 0 Å². The van der Waals surface area contributed by atoms with Crippen LogP contribution in [0.4, 0.5) is 0 Å². The predicted molar refractivity (Wildman–Crippen MR) is 99.6 cm³/mol. The molecule has 2 aromatic carbocycles. The highest BCUT2D eigenvalue weighted by molar-refractivity contribution is 5.37. The van der Waals surface area contributed by atoms with E-state index in [-0.39, 0.29) is 5.41 Å². The van der Waals surface area contributed by atoms with Crippen LogP contribution in [0.2, 0.25) is 0 Å². The Balaban J connectivity index is 0.000000251. The summed E-state index contributed by atoms with van der Waals surface area (Å²) >= 11 is 0. The van der Waals surface area contributed by atoms with Gasteiger partial charge in [0.25, 0.3) is 0 Å². The Morgan fingerprint density at radius 2 is 1.00 bits per heavy atom. The summed E-state index contributed by atoms with van der Waals surface area (Å²) in [6.45, 7) is 9.61. The van der Waals surface area contributed by atoms with Crippen LogP contribution in [0.5, 0.6) is 0 Å². The van der Waals surface area contributed by atoms with E-state index >= 15 is 0 Å². The van der Waals surface area contributed by atoms with Gasteiger partial charge < -0.3 is 0 Å². The average Bonchev–Trinajstić information content (AvgIpc) is 2.62. The van der Waals surface area contributed by atoms with Gasteiger partial charge in [-0.15, -0.1) is 0 Å². The van der Waals surface area contributed by atoms with Crippen molar-refractivity contribution in [2.24, 2.45) is 0 Å². The molecule has 2 rings (SSSR count). The molecule has 0 atom stereocenters. The molecule has 0 aromatic heterocycles. The molecule has 0 aliphatic heterocycles. The standard InChI is InChI=1S/C11H10N2.C11H13N/c1-11(2,8-13)10-5-3-9(7-12)4-6-10;1-9-4-6-10(7-5-9)11(2,3)8-12/h3-6H,1-2H3;4-7H,1-3H3. The summed E-state index contributed by atoms with van der Waals surface area (Å²) in [6.07, 6.45) is 0. The Hall–Kier alpha value is -3.09. The molecule has 25 heavy (non-hydrogen) atoms. The van der Waals surface area contributed by atoms with Crippen LogP contribution in [-0.4, -0.2) is 0 Å². The maximum Gasteiger partial charge on any atom is 0.0991 e. The van der Waals surface area contributed by atoms with E-state index in [0.717, 1.165) is 11.1 Å². The SMILES string of the molecule is CC(C)(C#N)c1ccc(C#N)cc1.Cc1ccc(C(C)(C)C#N)cc1. The van der Waals surface area contributed by atoms with E-state index < -0.39 is 5.41 Å². The van der Waals surface area contributed by atoms with Crippen molar-refractivity contribution >= 4 is 0 Å². The first-order chi connectivity index (χ1) is 11.7. The van der Waals surface area contributed by atoms with Crippen LogP contribution in [0.3, 0.4) is 0 Å². The number of benzene rings is 2. The zero-order valence-electron chi connectivity index (χ0n) is 15.5. The van der Waals surface area contributed by atoms with Crippen LogP contribution in [0.15, 0.2) is 48.5 Å². The summed E-state index contributed by atoms with van der Waals surface area (Å²) in [5.74, 6) is 0. The van der Waals surface area contributed by atoms with E-state index in [2.05, 4.69) is 12.1 Å². The lowest BCUT2D eigenvalue weighted by Gasteiger charge is -2.15. The van der Waals surface area contributed by atoms with Gasteiger partial charge in [0.1, 0.15) is 0 Å². The van der Waals surface area contributed by atoms with Crippen LogP contribution in [0.1, 0.15) is 49.9 Å². The van der Waals surface area contributed by atoms with E-state index in [1.165, 1.54) is 5.56 Å². The minimum Gasteiger partial charge on any atom is -0.197 e. The molecule has 3 heteroatoms. The topological polar surface area (TPSA) is 71.4 Å². The number of rotatable bonds is 2. The second-order valence-corrected chi connectivity index (χ2v) is 7.03. The molecule has 0 aliphatic rings. The van der Waals surface area contributed by atoms with Gasteiger partial charge in [-0.3, -0.25) is 0 Å². The van der Waals surface area contributed by atoms with Gasteiger partial charge in [0.2, 0.25) is 0 Å². The molecule has 0 amide bonds. The van der Waals surface area contributed by atoms with Crippen molar-refractivity contribution in [3.8, 4) is 18.2 Å². The summed E-state index contributed by atoms with van der Waals surface area (Å²) in [5.41, 5.74) is 3.02. The van der Waals surface area contributed by atoms with Crippen molar-refractivity contribution in [1.82, 2.24) is 0 Å². The third-order valence-corrected chi connectivity index (χ3v) is 4.07. The normalized spacial score (nSPS) is 10.5. The number of nitriles is 3. The van der Waals surface area contributed by atoms with E-state index in [4.69, 9.17) is 15.8 Å².